The van der Waals surface area contributed by atoms with E-state index in [1.54, 1.807) is 11.7 Å². The molecule has 2 aliphatic rings. The van der Waals surface area contributed by atoms with Crippen molar-refractivity contribution < 1.29 is 24.2 Å². The number of nitrogens with zero attached hydrogens (tertiary/aromatic N) is 4. The molecule has 10 heteroatoms. The largest absolute Gasteiger partial charge is 0.488 e. The monoisotopic (exact) mass is 485 g/mol. The number of hydrogen-bond donors (Lipinski definition) is 2. The van der Waals surface area contributed by atoms with E-state index < -0.39 is 12.1 Å². The van der Waals surface area contributed by atoms with E-state index >= 15 is 0 Å². The minimum absolute atomic E-state index is 0.118. The Morgan fingerprint density at radius 2 is 2.06 bits per heavy atom. The maximum atomic E-state index is 12.2. The summed E-state index contributed by atoms with van der Waals surface area (Å²) in [6.07, 6.45) is 6.04. The Morgan fingerprint density at radius 3 is 2.77 bits per heavy atom. The van der Waals surface area contributed by atoms with E-state index in [-0.39, 0.29) is 24.7 Å². The van der Waals surface area contributed by atoms with Crippen molar-refractivity contribution in [3.05, 3.63) is 23.5 Å². The number of carbonyl (C=O) groups excluding carboxylic acids is 1. The molecule has 1 amide bonds. The van der Waals surface area contributed by atoms with Crippen LogP contribution < -0.4 is 10.1 Å². The third kappa shape index (κ3) is 6.29. The van der Waals surface area contributed by atoms with Crippen LogP contribution in [0.4, 0.5) is 4.79 Å². The topological polar surface area (TPSA) is 128 Å². The van der Waals surface area contributed by atoms with Gasteiger partial charge in [-0.2, -0.15) is 0 Å². The van der Waals surface area contributed by atoms with Gasteiger partial charge in [-0.05, 0) is 64.0 Å². The zero-order valence-corrected chi connectivity index (χ0v) is 20.7. The van der Waals surface area contributed by atoms with Gasteiger partial charge in [-0.25, -0.2) is 14.5 Å². The van der Waals surface area contributed by atoms with Crippen molar-refractivity contribution in [2.24, 2.45) is 13.0 Å². The number of alkyl carbamates (subject to hydrolysis) is 1. The lowest BCUT2D eigenvalue weighted by molar-refractivity contribution is -0.143. The van der Waals surface area contributed by atoms with Crippen molar-refractivity contribution in [1.82, 2.24) is 25.3 Å². The van der Waals surface area contributed by atoms with Gasteiger partial charge >= 0.3 is 12.1 Å². The summed E-state index contributed by atoms with van der Waals surface area (Å²) in [4.78, 5) is 28.5. The van der Waals surface area contributed by atoms with E-state index in [0.29, 0.717) is 30.1 Å². The van der Waals surface area contributed by atoms with Gasteiger partial charge in [-0.1, -0.05) is 18.6 Å². The lowest BCUT2D eigenvalue weighted by Gasteiger charge is -2.28. The summed E-state index contributed by atoms with van der Waals surface area (Å²) in [5.41, 5.74) is 2.89. The van der Waals surface area contributed by atoms with E-state index in [4.69, 9.17) is 14.5 Å². The number of carboxylic acids is 1. The molecule has 2 aromatic heterocycles. The van der Waals surface area contributed by atoms with Crippen LogP contribution in [0.5, 0.6) is 5.75 Å². The first kappa shape index (κ1) is 24.9. The second-order valence-corrected chi connectivity index (χ2v) is 9.66. The molecule has 35 heavy (non-hydrogen) atoms. The van der Waals surface area contributed by atoms with Crippen molar-refractivity contribution in [2.45, 2.75) is 89.9 Å². The maximum Gasteiger partial charge on any atom is 0.407 e. The van der Waals surface area contributed by atoms with E-state index in [2.05, 4.69) is 15.6 Å². The number of aromatic nitrogens is 4. The van der Waals surface area contributed by atoms with Gasteiger partial charge in [0.1, 0.15) is 17.5 Å². The van der Waals surface area contributed by atoms with Crippen molar-refractivity contribution in [3.8, 4) is 17.1 Å². The Balaban J connectivity index is 1.48. The number of ether oxygens (including phenoxy) is 2. The average molecular weight is 486 g/mol. The van der Waals surface area contributed by atoms with Crippen molar-refractivity contribution in [2.75, 3.05) is 0 Å². The number of amides is 1. The van der Waals surface area contributed by atoms with Crippen LogP contribution in [0.1, 0.15) is 82.5 Å². The van der Waals surface area contributed by atoms with Gasteiger partial charge in [-0.15, -0.1) is 5.10 Å². The second-order valence-electron chi connectivity index (χ2n) is 9.66. The lowest BCUT2D eigenvalue weighted by atomic mass is 9.87. The summed E-state index contributed by atoms with van der Waals surface area (Å²) in [5, 5.41) is 20.6. The molecule has 0 radical (unpaired) electrons. The molecule has 0 bridgehead atoms. The molecule has 2 fully saturated rings. The fourth-order valence-corrected chi connectivity index (χ4v) is 4.62. The summed E-state index contributed by atoms with van der Waals surface area (Å²) in [6.45, 7) is 4.14. The number of aliphatic carboxylic acids is 1. The first-order valence-corrected chi connectivity index (χ1v) is 12.6. The van der Waals surface area contributed by atoms with Gasteiger partial charge < -0.3 is 19.9 Å². The normalized spacial score (nSPS) is 20.8. The standard InChI is InChI=1S/C25H35N5O5/c1-4-6-15(2)34-25(33)26-14-20-23(28-29-30(20)3)19-11-12-21(22(27-19)16-9-10-16)35-18-8-5-7-17(13-18)24(31)32/h11-12,15-18H,4-10,13-14H2,1-3H3,(H,26,33)(H,31,32)/t15?,17-,18-/m0/s1. The number of nitrogens with one attached hydrogen (secondary N) is 1. The molecule has 0 saturated heterocycles. The van der Waals surface area contributed by atoms with E-state index in [1.807, 2.05) is 26.0 Å². The highest BCUT2D eigenvalue weighted by atomic mass is 16.6. The second kappa shape index (κ2) is 11.0. The fraction of sp³-hybridized carbons (Fsp3) is 0.640. The summed E-state index contributed by atoms with van der Waals surface area (Å²) in [6, 6.07) is 3.76. The quantitative estimate of drug-likeness (QED) is 0.513. The molecule has 3 atom stereocenters. The van der Waals surface area contributed by atoms with Crippen molar-refractivity contribution in [3.63, 3.8) is 0 Å². The van der Waals surface area contributed by atoms with E-state index in [1.165, 1.54) is 0 Å². The molecule has 190 valence electrons. The molecule has 0 spiro atoms. The number of carbonyl (C=O) groups is 2. The highest BCUT2D eigenvalue weighted by Crippen LogP contribution is 2.44. The zero-order chi connectivity index (χ0) is 24.9. The molecule has 10 nitrogen and oxygen atoms in total. The van der Waals surface area contributed by atoms with Crippen LogP contribution >= 0.6 is 0 Å². The fourth-order valence-electron chi connectivity index (χ4n) is 4.62. The molecule has 0 aromatic carbocycles. The van der Waals surface area contributed by atoms with Crippen LogP contribution in [-0.2, 0) is 23.1 Å². The number of pyridine rings is 1. The molecule has 2 N–H and O–H groups in total. The first-order chi connectivity index (χ1) is 16.9. The molecule has 2 aromatic rings. The van der Waals surface area contributed by atoms with Crippen molar-refractivity contribution >= 4 is 12.1 Å². The average Bonchev–Trinajstić information content (AvgIpc) is 3.61. The molecule has 2 saturated carbocycles. The predicted octanol–water partition coefficient (Wildman–Crippen LogP) is 4.19. The summed E-state index contributed by atoms with van der Waals surface area (Å²) in [7, 11) is 1.78. The third-order valence-electron chi connectivity index (χ3n) is 6.71. The van der Waals surface area contributed by atoms with Gasteiger partial charge in [0, 0.05) is 13.0 Å². The first-order valence-electron chi connectivity index (χ1n) is 12.6. The number of aryl methyl sites for hydroxylation is 1. The van der Waals surface area contributed by atoms with Gasteiger partial charge in [0.2, 0.25) is 0 Å². The molecular weight excluding hydrogens is 450 g/mol. The number of carboxylic acid groups (broad SMARTS) is 1. The zero-order valence-electron chi connectivity index (χ0n) is 20.7. The maximum absolute atomic E-state index is 12.2. The Hall–Kier alpha value is -3.17. The van der Waals surface area contributed by atoms with Crippen LogP contribution in [0, 0.1) is 5.92 Å². The van der Waals surface area contributed by atoms with Gasteiger partial charge in [-0.3, -0.25) is 4.79 Å². The van der Waals surface area contributed by atoms with Crippen LogP contribution in [0.25, 0.3) is 11.4 Å². The van der Waals surface area contributed by atoms with Crippen LogP contribution in [0.3, 0.4) is 0 Å². The molecule has 4 rings (SSSR count). The summed E-state index contributed by atoms with van der Waals surface area (Å²) < 4.78 is 13.3. The van der Waals surface area contributed by atoms with Crippen LogP contribution in [0.15, 0.2) is 12.1 Å². The summed E-state index contributed by atoms with van der Waals surface area (Å²) >= 11 is 0. The van der Waals surface area contributed by atoms with E-state index in [9.17, 15) is 14.7 Å². The minimum Gasteiger partial charge on any atom is -0.488 e. The highest BCUT2D eigenvalue weighted by molar-refractivity contribution is 5.70. The number of hydrogen-bond acceptors (Lipinski definition) is 7. The predicted molar refractivity (Wildman–Crippen MR) is 128 cm³/mol. The van der Waals surface area contributed by atoms with Gasteiger partial charge in [0.15, 0.2) is 0 Å². The third-order valence-corrected chi connectivity index (χ3v) is 6.71. The van der Waals surface area contributed by atoms with Crippen molar-refractivity contribution in [1.29, 1.82) is 0 Å². The molecule has 2 heterocycles. The molecule has 1 unspecified atom stereocenters. The van der Waals surface area contributed by atoms with Crippen LogP contribution in [-0.4, -0.2) is 49.4 Å². The van der Waals surface area contributed by atoms with Crippen LogP contribution in [0.2, 0.25) is 0 Å². The minimum atomic E-state index is -0.748. The van der Waals surface area contributed by atoms with Gasteiger partial charge in [0.25, 0.3) is 0 Å². The summed E-state index contributed by atoms with van der Waals surface area (Å²) in [5.74, 6) is -0.0419. The highest BCUT2D eigenvalue weighted by Gasteiger charge is 2.33. The Morgan fingerprint density at radius 1 is 1.26 bits per heavy atom. The smallest absolute Gasteiger partial charge is 0.407 e. The Bertz CT molecular complexity index is 1050. The molecule has 0 aliphatic heterocycles. The SMILES string of the molecule is CCCC(C)OC(=O)NCc1c(-c2ccc(O[C@H]3CCC[C@H](C(=O)O)C3)c(C3CC3)n2)nnn1C. The number of rotatable bonds is 10. The lowest BCUT2D eigenvalue weighted by Crippen LogP contribution is -2.29. The molecule has 2 aliphatic carbocycles. The van der Waals surface area contributed by atoms with Gasteiger partial charge in [0.05, 0.1) is 35.6 Å². The Kier molecular flexibility index (Phi) is 7.87. The molecular formula is C25H35N5O5. The Labute approximate surface area is 205 Å². The van der Waals surface area contributed by atoms with E-state index in [0.717, 1.165) is 55.7 Å².